The fraction of sp³-hybridized carbons (Fsp3) is 0.800. The summed E-state index contributed by atoms with van der Waals surface area (Å²) in [5.41, 5.74) is 0. The molecule has 0 amide bonds. The first-order chi connectivity index (χ1) is 9.29. The fourth-order valence-corrected chi connectivity index (χ4v) is 2.96. The van der Waals surface area contributed by atoms with E-state index in [0.717, 1.165) is 25.2 Å². The van der Waals surface area contributed by atoms with Crippen LogP contribution in [-0.4, -0.2) is 20.5 Å². The van der Waals surface area contributed by atoms with E-state index < -0.39 is 0 Å². The number of aromatic nitrogens is 3. The number of Topliss-reactive ketones (excluding diaryl/α,β-unsaturated/α-hetero) is 1. The predicted octanol–water partition coefficient (Wildman–Crippen LogP) is 3.16. The van der Waals surface area contributed by atoms with Crippen LogP contribution in [0, 0.1) is 5.92 Å². The zero-order valence-corrected chi connectivity index (χ0v) is 12.0. The highest BCUT2D eigenvalue weighted by Crippen LogP contribution is 2.25. The molecular weight excluding hydrogens is 238 g/mol. The van der Waals surface area contributed by atoms with Crippen molar-refractivity contribution in [3.8, 4) is 0 Å². The molecule has 2 rings (SSSR count). The van der Waals surface area contributed by atoms with Crippen molar-refractivity contribution in [1.82, 2.24) is 14.8 Å². The van der Waals surface area contributed by atoms with Crippen LogP contribution in [0.2, 0.25) is 0 Å². The molecule has 1 aromatic heterocycles. The first kappa shape index (κ1) is 14.2. The van der Waals surface area contributed by atoms with Crippen LogP contribution in [0.5, 0.6) is 0 Å². The number of ketones is 1. The summed E-state index contributed by atoms with van der Waals surface area (Å²) < 4.78 is 1.87. The minimum Gasteiger partial charge on any atom is -0.299 e. The lowest BCUT2D eigenvalue weighted by atomic mass is 9.93. The van der Waals surface area contributed by atoms with Gasteiger partial charge in [-0.3, -0.25) is 4.79 Å². The van der Waals surface area contributed by atoms with E-state index in [9.17, 15) is 4.79 Å². The Bertz CT molecular complexity index is 392. The summed E-state index contributed by atoms with van der Waals surface area (Å²) in [7, 11) is 0. The van der Waals surface area contributed by atoms with Crippen molar-refractivity contribution in [2.75, 3.05) is 0 Å². The molecule has 106 valence electrons. The largest absolute Gasteiger partial charge is 0.299 e. The van der Waals surface area contributed by atoms with Gasteiger partial charge in [0.15, 0.2) is 0 Å². The molecule has 1 aliphatic carbocycles. The molecule has 0 atom stereocenters. The lowest BCUT2D eigenvalue weighted by Gasteiger charge is -2.12. The van der Waals surface area contributed by atoms with Crippen molar-refractivity contribution >= 4 is 5.78 Å². The van der Waals surface area contributed by atoms with E-state index in [1.54, 1.807) is 6.33 Å². The van der Waals surface area contributed by atoms with E-state index in [-0.39, 0.29) is 0 Å². The van der Waals surface area contributed by atoms with Crippen LogP contribution < -0.4 is 0 Å². The minimum atomic E-state index is 0.331. The molecule has 1 fully saturated rings. The number of rotatable bonds is 6. The predicted molar refractivity (Wildman–Crippen MR) is 74.8 cm³/mol. The second-order valence-corrected chi connectivity index (χ2v) is 5.68. The Morgan fingerprint density at radius 1 is 1.32 bits per heavy atom. The Balaban J connectivity index is 1.84. The fourth-order valence-electron chi connectivity index (χ4n) is 2.96. The summed E-state index contributed by atoms with van der Waals surface area (Å²) in [5.74, 6) is 1.77. The summed E-state index contributed by atoms with van der Waals surface area (Å²) >= 11 is 0. The zero-order valence-electron chi connectivity index (χ0n) is 12.0. The van der Waals surface area contributed by atoms with Crippen LogP contribution in [0.15, 0.2) is 6.33 Å². The van der Waals surface area contributed by atoms with E-state index in [2.05, 4.69) is 17.0 Å². The molecule has 0 radical (unpaired) electrons. The van der Waals surface area contributed by atoms with Gasteiger partial charge in [-0.25, -0.2) is 9.67 Å². The molecule has 1 aromatic rings. The summed E-state index contributed by atoms with van der Waals surface area (Å²) in [6.45, 7) is 2.96. The van der Waals surface area contributed by atoms with E-state index in [1.807, 2.05) is 4.68 Å². The normalized spacial score (nSPS) is 17.3. The smallest absolute Gasteiger partial charge is 0.140 e. The van der Waals surface area contributed by atoms with Gasteiger partial charge in [0.1, 0.15) is 17.9 Å². The van der Waals surface area contributed by atoms with Gasteiger partial charge in [-0.1, -0.05) is 45.4 Å². The summed E-state index contributed by atoms with van der Waals surface area (Å²) in [4.78, 5) is 16.4. The number of hydrogen-bond donors (Lipinski definition) is 0. The number of nitrogens with zero attached hydrogens (tertiary/aromatic N) is 3. The maximum atomic E-state index is 12.2. The highest BCUT2D eigenvalue weighted by molar-refractivity contribution is 5.80. The molecule has 0 bridgehead atoms. The molecular formula is C15H25N3O. The second-order valence-electron chi connectivity index (χ2n) is 5.68. The van der Waals surface area contributed by atoms with E-state index in [1.165, 1.54) is 38.5 Å². The van der Waals surface area contributed by atoms with Crippen molar-refractivity contribution in [3.63, 3.8) is 0 Å². The van der Waals surface area contributed by atoms with E-state index >= 15 is 0 Å². The monoisotopic (exact) mass is 263 g/mol. The molecule has 0 N–H and O–H groups in total. The lowest BCUT2D eigenvalue weighted by Crippen LogP contribution is -2.14. The topological polar surface area (TPSA) is 47.8 Å². The van der Waals surface area contributed by atoms with Gasteiger partial charge in [0.2, 0.25) is 0 Å². The third-order valence-corrected chi connectivity index (χ3v) is 3.98. The van der Waals surface area contributed by atoms with Crippen molar-refractivity contribution < 1.29 is 4.79 Å². The quantitative estimate of drug-likeness (QED) is 0.741. The van der Waals surface area contributed by atoms with Crippen molar-refractivity contribution in [2.24, 2.45) is 5.92 Å². The summed E-state index contributed by atoms with van der Waals surface area (Å²) in [5, 5.41) is 4.17. The van der Waals surface area contributed by atoms with Gasteiger partial charge in [-0.05, 0) is 12.3 Å². The zero-order chi connectivity index (χ0) is 13.5. The number of carbonyl (C=O) groups excluding carboxylic acids is 1. The Kier molecular flexibility index (Phi) is 5.55. The maximum absolute atomic E-state index is 12.2. The van der Waals surface area contributed by atoms with Crippen LogP contribution in [-0.2, 0) is 17.8 Å². The highest BCUT2D eigenvalue weighted by Gasteiger charge is 2.17. The van der Waals surface area contributed by atoms with Crippen LogP contribution in [0.3, 0.4) is 0 Å². The summed E-state index contributed by atoms with van der Waals surface area (Å²) in [6.07, 6.45) is 11.5. The van der Waals surface area contributed by atoms with Crippen LogP contribution in [0.4, 0.5) is 0 Å². The molecule has 1 heterocycles. The standard InChI is InChI=1S/C15H25N3O/c1-2-9-18-15(16-12-17-18)11-14(19)10-13-7-5-3-4-6-8-13/h12-13H,2-11H2,1H3. The van der Waals surface area contributed by atoms with Gasteiger partial charge in [-0.2, -0.15) is 5.10 Å². The lowest BCUT2D eigenvalue weighted by molar-refractivity contribution is -0.119. The molecule has 19 heavy (non-hydrogen) atoms. The third kappa shape index (κ3) is 4.44. The highest BCUT2D eigenvalue weighted by atomic mass is 16.1. The average Bonchev–Trinajstić information content (AvgIpc) is 2.65. The van der Waals surface area contributed by atoms with Crippen LogP contribution >= 0.6 is 0 Å². The molecule has 1 aliphatic rings. The number of carbonyl (C=O) groups is 1. The van der Waals surface area contributed by atoms with Gasteiger partial charge in [0.05, 0.1) is 6.42 Å². The first-order valence-corrected chi connectivity index (χ1v) is 7.68. The molecule has 4 nitrogen and oxygen atoms in total. The van der Waals surface area contributed by atoms with Gasteiger partial charge in [0, 0.05) is 13.0 Å². The average molecular weight is 263 g/mol. The first-order valence-electron chi connectivity index (χ1n) is 7.68. The molecule has 4 heteroatoms. The van der Waals surface area contributed by atoms with Gasteiger partial charge in [-0.15, -0.1) is 0 Å². The van der Waals surface area contributed by atoms with Gasteiger partial charge < -0.3 is 0 Å². The number of hydrogen-bond acceptors (Lipinski definition) is 3. The van der Waals surface area contributed by atoms with Crippen molar-refractivity contribution in [2.45, 2.75) is 71.3 Å². The number of aryl methyl sites for hydroxylation is 1. The molecule has 1 saturated carbocycles. The van der Waals surface area contributed by atoms with E-state index in [0.29, 0.717) is 18.1 Å². The Morgan fingerprint density at radius 2 is 2.05 bits per heavy atom. The minimum absolute atomic E-state index is 0.331. The van der Waals surface area contributed by atoms with Gasteiger partial charge in [0.25, 0.3) is 0 Å². The van der Waals surface area contributed by atoms with Crippen molar-refractivity contribution in [3.05, 3.63) is 12.2 Å². The molecule has 0 aliphatic heterocycles. The van der Waals surface area contributed by atoms with Crippen LogP contribution in [0.1, 0.15) is 64.1 Å². The summed E-state index contributed by atoms with van der Waals surface area (Å²) in [6, 6.07) is 0. The van der Waals surface area contributed by atoms with Crippen molar-refractivity contribution in [1.29, 1.82) is 0 Å². The Labute approximate surface area is 115 Å². The SMILES string of the molecule is CCCn1ncnc1CC(=O)CC1CCCCCC1. The third-order valence-electron chi connectivity index (χ3n) is 3.98. The molecule has 0 aromatic carbocycles. The Hall–Kier alpha value is -1.19. The van der Waals surface area contributed by atoms with E-state index in [4.69, 9.17) is 0 Å². The molecule has 0 spiro atoms. The van der Waals surface area contributed by atoms with Gasteiger partial charge >= 0.3 is 0 Å². The van der Waals surface area contributed by atoms with Crippen LogP contribution in [0.25, 0.3) is 0 Å². The second kappa shape index (κ2) is 7.41. The Morgan fingerprint density at radius 3 is 2.74 bits per heavy atom. The molecule has 0 saturated heterocycles. The maximum Gasteiger partial charge on any atom is 0.140 e. The molecule has 0 unspecified atom stereocenters.